The molecular weight excluding hydrogens is 191 g/mol. The Balaban J connectivity index is 0.000000243. The molecule has 0 saturated heterocycles. The van der Waals surface area contributed by atoms with Gasteiger partial charge < -0.3 is 14.0 Å². The first-order valence-electron chi connectivity index (χ1n) is 4.03. The minimum atomic E-state index is -2.14. The molecular formula is C7H15N2O3P. The van der Waals surface area contributed by atoms with Crippen LogP contribution in [0.15, 0.2) is 18.7 Å². The molecule has 0 aliphatic carbocycles. The van der Waals surface area contributed by atoms with E-state index in [0.717, 1.165) is 0 Å². The van der Waals surface area contributed by atoms with E-state index in [1.165, 1.54) is 0 Å². The van der Waals surface area contributed by atoms with Crippen LogP contribution >= 0.6 is 8.25 Å². The molecule has 0 fully saturated rings. The quantitative estimate of drug-likeness (QED) is 0.763. The summed E-state index contributed by atoms with van der Waals surface area (Å²) in [5, 5.41) is 0. The first-order chi connectivity index (χ1) is 6.31. The van der Waals surface area contributed by atoms with Gasteiger partial charge in [-0.25, -0.2) is 4.98 Å². The largest absolute Gasteiger partial charge is 0.351 e. The van der Waals surface area contributed by atoms with Gasteiger partial charge in [0.25, 0.3) is 0 Å². The SMILES string of the molecule is CCO[PH](=O)OCC.c1c[nH]cn1. The molecule has 0 unspecified atom stereocenters. The van der Waals surface area contributed by atoms with Crippen molar-refractivity contribution < 1.29 is 13.6 Å². The van der Waals surface area contributed by atoms with Crippen molar-refractivity contribution in [3.63, 3.8) is 0 Å². The summed E-state index contributed by atoms with van der Waals surface area (Å²) in [6.07, 6.45) is 5.08. The van der Waals surface area contributed by atoms with Crippen LogP contribution < -0.4 is 0 Å². The number of nitrogens with zero attached hydrogens (tertiary/aromatic N) is 1. The maximum atomic E-state index is 10.4. The first-order valence-corrected chi connectivity index (χ1v) is 5.26. The van der Waals surface area contributed by atoms with E-state index in [4.69, 9.17) is 0 Å². The van der Waals surface area contributed by atoms with Crippen molar-refractivity contribution >= 4 is 8.25 Å². The molecule has 0 atom stereocenters. The summed E-state index contributed by atoms with van der Waals surface area (Å²) in [7, 11) is -2.14. The summed E-state index contributed by atoms with van der Waals surface area (Å²) < 4.78 is 19.6. The minimum absolute atomic E-state index is 0.456. The molecule has 1 N–H and O–H groups in total. The Morgan fingerprint density at radius 1 is 1.38 bits per heavy atom. The summed E-state index contributed by atoms with van der Waals surface area (Å²) in [5.74, 6) is 0. The molecule has 0 aromatic carbocycles. The normalized spacial score (nSPS) is 9.46. The van der Waals surface area contributed by atoms with Gasteiger partial charge in [-0.1, -0.05) is 0 Å². The van der Waals surface area contributed by atoms with E-state index in [0.29, 0.717) is 13.2 Å². The summed E-state index contributed by atoms with van der Waals surface area (Å²) in [5.41, 5.74) is 0. The van der Waals surface area contributed by atoms with Gasteiger partial charge in [0.15, 0.2) is 0 Å². The Labute approximate surface area is 78.4 Å². The number of H-pyrrole nitrogens is 1. The molecule has 1 aromatic rings. The summed E-state index contributed by atoms with van der Waals surface area (Å²) in [6.45, 7) is 4.47. The molecule has 0 spiro atoms. The molecule has 1 rings (SSSR count). The smallest absolute Gasteiger partial charge is 0.319 e. The molecule has 0 saturated carbocycles. The highest BCUT2D eigenvalue weighted by molar-refractivity contribution is 7.33. The van der Waals surface area contributed by atoms with Crippen LogP contribution in [0.1, 0.15) is 13.8 Å². The predicted octanol–water partition coefficient (Wildman–Crippen LogP) is 1.86. The molecule has 13 heavy (non-hydrogen) atoms. The fraction of sp³-hybridized carbons (Fsp3) is 0.571. The van der Waals surface area contributed by atoms with Crippen LogP contribution in [0, 0.1) is 0 Å². The van der Waals surface area contributed by atoms with Crippen LogP contribution in [-0.4, -0.2) is 23.2 Å². The fourth-order valence-electron chi connectivity index (χ4n) is 0.493. The number of hydrogen-bond acceptors (Lipinski definition) is 4. The molecule has 0 bridgehead atoms. The molecule has 1 aromatic heterocycles. The second kappa shape index (κ2) is 9.45. The van der Waals surface area contributed by atoms with E-state index >= 15 is 0 Å². The first kappa shape index (κ1) is 12.4. The lowest BCUT2D eigenvalue weighted by molar-refractivity contribution is 0.243. The average Bonchev–Trinajstić information content (AvgIpc) is 2.61. The Morgan fingerprint density at radius 2 is 2.00 bits per heavy atom. The van der Waals surface area contributed by atoms with Crippen LogP contribution in [-0.2, 0) is 13.6 Å². The third-order valence-corrected chi connectivity index (χ3v) is 1.98. The van der Waals surface area contributed by atoms with Gasteiger partial charge in [-0.05, 0) is 13.8 Å². The number of imidazole rings is 1. The average molecular weight is 206 g/mol. The lowest BCUT2D eigenvalue weighted by Gasteiger charge is -1.97. The van der Waals surface area contributed by atoms with Crippen LogP contribution in [0.3, 0.4) is 0 Å². The number of rotatable bonds is 4. The van der Waals surface area contributed by atoms with E-state index in [1.54, 1.807) is 32.6 Å². The zero-order chi connectivity index (χ0) is 9.94. The summed E-state index contributed by atoms with van der Waals surface area (Å²) in [6, 6.07) is 0. The Morgan fingerprint density at radius 3 is 2.23 bits per heavy atom. The lowest BCUT2D eigenvalue weighted by Crippen LogP contribution is -1.81. The van der Waals surface area contributed by atoms with Crippen molar-refractivity contribution in [1.29, 1.82) is 0 Å². The molecule has 5 nitrogen and oxygen atoms in total. The van der Waals surface area contributed by atoms with E-state index in [-0.39, 0.29) is 0 Å². The van der Waals surface area contributed by atoms with E-state index < -0.39 is 8.25 Å². The van der Waals surface area contributed by atoms with Crippen LogP contribution in [0.25, 0.3) is 0 Å². The van der Waals surface area contributed by atoms with Crippen LogP contribution in [0.4, 0.5) is 0 Å². The molecule has 0 aliphatic heterocycles. The number of hydrogen-bond donors (Lipinski definition) is 1. The van der Waals surface area contributed by atoms with Gasteiger partial charge in [0.2, 0.25) is 0 Å². The third-order valence-electron chi connectivity index (χ3n) is 0.930. The topological polar surface area (TPSA) is 64.2 Å². The van der Waals surface area contributed by atoms with E-state index in [2.05, 4.69) is 19.0 Å². The van der Waals surface area contributed by atoms with Crippen LogP contribution in [0.2, 0.25) is 0 Å². The highest BCUT2D eigenvalue weighted by atomic mass is 31.1. The van der Waals surface area contributed by atoms with E-state index in [1.807, 2.05) is 0 Å². The van der Waals surface area contributed by atoms with Gasteiger partial charge in [0.1, 0.15) is 0 Å². The Bertz CT molecular complexity index is 178. The van der Waals surface area contributed by atoms with Gasteiger partial charge in [-0.15, -0.1) is 0 Å². The van der Waals surface area contributed by atoms with Gasteiger partial charge in [-0.3, -0.25) is 4.57 Å². The van der Waals surface area contributed by atoms with Gasteiger partial charge in [0.05, 0.1) is 19.5 Å². The molecule has 76 valence electrons. The van der Waals surface area contributed by atoms with Crippen molar-refractivity contribution in [3.05, 3.63) is 18.7 Å². The molecule has 0 aliphatic rings. The van der Waals surface area contributed by atoms with Crippen molar-refractivity contribution in [2.45, 2.75) is 13.8 Å². The summed E-state index contributed by atoms with van der Waals surface area (Å²) >= 11 is 0. The maximum Gasteiger partial charge on any atom is 0.319 e. The molecule has 0 radical (unpaired) electrons. The van der Waals surface area contributed by atoms with Gasteiger partial charge in [0, 0.05) is 12.4 Å². The summed E-state index contributed by atoms with van der Waals surface area (Å²) in [4.78, 5) is 6.42. The zero-order valence-electron chi connectivity index (χ0n) is 7.82. The second-order valence-corrected chi connectivity index (χ2v) is 2.95. The van der Waals surface area contributed by atoms with Crippen LogP contribution in [0.5, 0.6) is 0 Å². The van der Waals surface area contributed by atoms with Crippen molar-refractivity contribution in [3.8, 4) is 0 Å². The van der Waals surface area contributed by atoms with E-state index in [9.17, 15) is 4.57 Å². The monoisotopic (exact) mass is 206 g/mol. The Hall–Kier alpha value is -0.640. The maximum absolute atomic E-state index is 10.4. The van der Waals surface area contributed by atoms with Crippen molar-refractivity contribution in [1.82, 2.24) is 9.97 Å². The molecule has 6 heteroatoms. The Kier molecular flexibility index (Phi) is 8.98. The molecule has 0 amide bonds. The third kappa shape index (κ3) is 9.27. The van der Waals surface area contributed by atoms with Gasteiger partial charge >= 0.3 is 8.25 Å². The highest BCUT2D eigenvalue weighted by Crippen LogP contribution is 2.21. The second-order valence-electron chi connectivity index (χ2n) is 1.88. The van der Waals surface area contributed by atoms with Gasteiger partial charge in [-0.2, -0.15) is 0 Å². The minimum Gasteiger partial charge on any atom is -0.351 e. The number of nitrogens with one attached hydrogen (secondary N) is 1. The standard InChI is InChI=1S/C4H11O3P.C3H4N2/c1-3-6-8(5)7-4-2;1-2-5-3-4-1/h8H,3-4H2,1-2H3;1-3H,(H,4,5). The zero-order valence-corrected chi connectivity index (χ0v) is 8.82. The highest BCUT2D eigenvalue weighted by Gasteiger charge is 1.91. The number of aromatic nitrogens is 2. The fourth-order valence-corrected chi connectivity index (χ4v) is 1.05. The predicted molar refractivity (Wildman–Crippen MR) is 50.8 cm³/mol. The lowest BCUT2D eigenvalue weighted by atomic mass is 10.9. The van der Waals surface area contributed by atoms with Crippen molar-refractivity contribution in [2.75, 3.05) is 13.2 Å². The number of aromatic amines is 1. The molecule has 1 heterocycles. The van der Waals surface area contributed by atoms with Crippen molar-refractivity contribution in [2.24, 2.45) is 0 Å².